The molecule has 0 N–H and O–H groups in total. The number of rotatable bonds is 15. The van der Waals surface area contributed by atoms with Crippen molar-refractivity contribution in [1.82, 2.24) is 9.80 Å². The molecule has 0 amide bonds. The monoisotopic (exact) mass is 834 g/mol. The number of benzene rings is 4. The molecule has 308 valence electrons. The minimum absolute atomic E-state index is 0.0550. The Morgan fingerprint density at radius 3 is 1.93 bits per heavy atom. The molecule has 1 fully saturated rings. The zero-order valence-electron chi connectivity index (χ0n) is 32.3. The zero-order chi connectivity index (χ0) is 41.2. The summed E-state index contributed by atoms with van der Waals surface area (Å²) < 4.78 is 127. The van der Waals surface area contributed by atoms with E-state index in [2.05, 4.69) is 9.08 Å². The van der Waals surface area contributed by atoms with Crippen LogP contribution in [0.4, 0.5) is 26.3 Å². The molecule has 0 spiro atoms. The van der Waals surface area contributed by atoms with Crippen LogP contribution in [0.3, 0.4) is 0 Å². The van der Waals surface area contributed by atoms with Gasteiger partial charge in [-0.05, 0) is 69.7 Å². The highest BCUT2D eigenvalue weighted by atomic mass is 32.2. The van der Waals surface area contributed by atoms with E-state index in [4.69, 9.17) is 9.16 Å². The van der Waals surface area contributed by atoms with Crippen LogP contribution in [-0.2, 0) is 21.0 Å². The summed E-state index contributed by atoms with van der Waals surface area (Å²) in [5.41, 5.74) is -4.04. The van der Waals surface area contributed by atoms with Gasteiger partial charge < -0.3 is 13.3 Å². The fraction of sp³-hybridized carbons (Fsp3) is 0.429. The molecule has 0 aromatic heterocycles. The van der Waals surface area contributed by atoms with Crippen molar-refractivity contribution in [3.8, 4) is 11.5 Å². The maximum Gasteiger partial charge on any atom is 0.534 e. The van der Waals surface area contributed by atoms with Crippen LogP contribution in [0.1, 0.15) is 50.4 Å². The quantitative estimate of drug-likeness (QED) is 0.0526. The standard InChI is InChI=1S/C42H48F6N2O5SSi/c1-30-23-33-24-35(55-56(51,52)42(46,47)48)19-20-38(33)39(32-15-17-34(18-16-32)53-22-21-49-26-31(25-43)27-49)50(30)28-41(44,45)29-54-57(40(2,3)4,36-11-7-5-8-12-36)37-13-9-6-10-14-37/h5-20,24,30-31,39H,21-23,25-29H2,1-4H3/t30-,39-/m1/s1. The van der Waals surface area contributed by atoms with Gasteiger partial charge in [0.05, 0.1) is 25.9 Å². The molecule has 15 heteroatoms. The van der Waals surface area contributed by atoms with Gasteiger partial charge in [-0.2, -0.15) is 21.6 Å². The Morgan fingerprint density at radius 1 is 0.807 bits per heavy atom. The first-order valence-corrected chi connectivity index (χ1v) is 22.2. The summed E-state index contributed by atoms with van der Waals surface area (Å²) in [6, 6.07) is 28.4. The fourth-order valence-electron chi connectivity index (χ4n) is 8.02. The smallest absolute Gasteiger partial charge is 0.492 e. The van der Waals surface area contributed by atoms with E-state index in [1.165, 1.54) is 12.1 Å². The van der Waals surface area contributed by atoms with Gasteiger partial charge >= 0.3 is 15.6 Å². The lowest BCUT2D eigenvalue weighted by atomic mass is 9.84. The zero-order valence-corrected chi connectivity index (χ0v) is 34.1. The van der Waals surface area contributed by atoms with E-state index >= 15 is 8.78 Å². The summed E-state index contributed by atoms with van der Waals surface area (Å²) in [5.74, 6) is -3.30. The molecule has 0 aliphatic carbocycles. The van der Waals surface area contributed by atoms with Crippen LogP contribution in [0.15, 0.2) is 103 Å². The van der Waals surface area contributed by atoms with Gasteiger partial charge in [-0.25, -0.2) is 8.78 Å². The molecule has 0 saturated carbocycles. The molecule has 6 rings (SSSR count). The predicted molar refractivity (Wildman–Crippen MR) is 210 cm³/mol. The maximum atomic E-state index is 16.7. The predicted octanol–water partition coefficient (Wildman–Crippen LogP) is 7.74. The lowest BCUT2D eigenvalue weighted by Crippen LogP contribution is -2.67. The second-order valence-corrected chi connectivity index (χ2v) is 21.8. The molecule has 0 bridgehead atoms. The summed E-state index contributed by atoms with van der Waals surface area (Å²) in [6.45, 7) is 8.18. The lowest BCUT2D eigenvalue weighted by Gasteiger charge is -2.46. The number of alkyl halides is 6. The molecule has 7 nitrogen and oxygen atoms in total. The van der Waals surface area contributed by atoms with Gasteiger partial charge in [0.25, 0.3) is 14.2 Å². The number of likely N-dealkylation sites (tertiary alicyclic amines) is 1. The van der Waals surface area contributed by atoms with E-state index in [1.54, 1.807) is 36.1 Å². The topological polar surface area (TPSA) is 68.3 Å². The molecule has 1 saturated heterocycles. The number of fused-ring (bicyclic) bond motifs is 1. The third kappa shape index (κ3) is 9.38. The van der Waals surface area contributed by atoms with Crippen LogP contribution in [0.25, 0.3) is 0 Å². The highest BCUT2D eigenvalue weighted by molar-refractivity contribution is 7.88. The first kappa shape index (κ1) is 42.7. The Labute approximate surface area is 331 Å². The second-order valence-electron chi connectivity index (χ2n) is 16.0. The molecule has 2 aliphatic heterocycles. The summed E-state index contributed by atoms with van der Waals surface area (Å²) in [6.07, 6.45) is 0.127. The Hall–Kier alpha value is -3.89. The summed E-state index contributed by atoms with van der Waals surface area (Å²) >= 11 is 0. The van der Waals surface area contributed by atoms with Crippen molar-refractivity contribution in [3.63, 3.8) is 0 Å². The number of hydrogen-bond acceptors (Lipinski definition) is 7. The van der Waals surface area contributed by atoms with Crippen LogP contribution in [0.2, 0.25) is 5.04 Å². The molecule has 4 aromatic rings. The van der Waals surface area contributed by atoms with Gasteiger partial charge in [-0.3, -0.25) is 14.2 Å². The SMILES string of the molecule is C[C@@H]1Cc2cc(OS(=O)(=O)C(F)(F)F)ccc2[C@@H](c2ccc(OCCN3CC(CF)C3)cc2)N1CC(F)(F)CO[Si](c1ccccc1)(c1ccccc1)C(C)(C)C. The van der Waals surface area contributed by atoms with Crippen molar-refractivity contribution in [2.24, 2.45) is 5.92 Å². The largest absolute Gasteiger partial charge is 0.534 e. The summed E-state index contributed by atoms with van der Waals surface area (Å²) in [5, 5.41) is 1.18. The number of ether oxygens (including phenoxy) is 1. The minimum atomic E-state index is -5.93. The van der Waals surface area contributed by atoms with Gasteiger partial charge in [0, 0.05) is 31.6 Å². The van der Waals surface area contributed by atoms with Gasteiger partial charge in [-0.1, -0.05) is 99.6 Å². The molecular formula is C42H48F6N2O5SSi. The molecule has 0 unspecified atom stereocenters. The molecular weight excluding hydrogens is 787 g/mol. The Morgan fingerprint density at radius 2 is 1.39 bits per heavy atom. The summed E-state index contributed by atoms with van der Waals surface area (Å²) in [7, 11) is -9.26. The van der Waals surface area contributed by atoms with E-state index in [9.17, 15) is 26.0 Å². The van der Waals surface area contributed by atoms with E-state index in [-0.39, 0.29) is 19.0 Å². The molecule has 2 atom stereocenters. The Bertz CT molecular complexity index is 2020. The van der Waals surface area contributed by atoms with Crippen LogP contribution >= 0.6 is 0 Å². The fourth-order valence-corrected chi connectivity index (χ4v) is 13.1. The van der Waals surface area contributed by atoms with Crippen LogP contribution in [-0.4, -0.2) is 90.1 Å². The van der Waals surface area contributed by atoms with Gasteiger partial charge in [-0.15, -0.1) is 0 Å². The first-order valence-electron chi connectivity index (χ1n) is 18.9. The molecule has 57 heavy (non-hydrogen) atoms. The average molecular weight is 835 g/mol. The number of hydrogen-bond donors (Lipinski definition) is 0. The van der Waals surface area contributed by atoms with Crippen molar-refractivity contribution in [2.45, 2.75) is 62.7 Å². The highest BCUT2D eigenvalue weighted by Gasteiger charge is 2.53. The Balaban J connectivity index is 1.30. The van der Waals surface area contributed by atoms with Crippen molar-refractivity contribution in [1.29, 1.82) is 0 Å². The average Bonchev–Trinajstić information content (AvgIpc) is 3.13. The van der Waals surface area contributed by atoms with Crippen LogP contribution in [0, 0.1) is 5.92 Å². The lowest BCUT2D eigenvalue weighted by molar-refractivity contribution is -0.0818. The Kier molecular flexibility index (Phi) is 12.6. The van der Waals surface area contributed by atoms with Gasteiger partial charge in [0.15, 0.2) is 0 Å². The molecule has 2 heterocycles. The third-order valence-electron chi connectivity index (χ3n) is 10.8. The normalized spacial score (nSPS) is 18.8. The molecule has 4 aromatic carbocycles. The third-order valence-corrected chi connectivity index (χ3v) is 16.7. The van der Waals surface area contributed by atoms with E-state index < -0.39 is 65.9 Å². The number of halogens is 6. The number of nitrogens with zero attached hydrogens (tertiary/aromatic N) is 2. The highest BCUT2D eigenvalue weighted by Crippen LogP contribution is 2.43. The molecule has 0 radical (unpaired) electrons. The second kappa shape index (κ2) is 16.8. The van der Waals surface area contributed by atoms with E-state index in [0.29, 0.717) is 48.7 Å². The van der Waals surface area contributed by atoms with Crippen molar-refractivity contribution < 1.29 is 48.1 Å². The van der Waals surface area contributed by atoms with E-state index in [1.807, 2.05) is 81.4 Å². The molecule has 2 aliphatic rings. The minimum Gasteiger partial charge on any atom is -0.492 e. The van der Waals surface area contributed by atoms with E-state index in [0.717, 1.165) is 16.4 Å². The van der Waals surface area contributed by atoms with Crippen LogP contribution in [0.5, 0.6) is 11.5 Å². The van der Waals surface area contributed by atoms with Gasteiger partial charge in [0.1, 0.15) is 18.1 Å². The van der Waals surface area contributed by atoms with Crippen molar-refractivity contribution in [2.75, 3.05) is 46.1 Å². The van der Waals surface area contributed by atoms with Crippen molar-refractivity contribution >= 4 is 28.8 Å². The maximum absolute atomic E-state index is 16.7. The summed E-state index contributed by atoms with van der Waals surface area (Å²) in [4.78, 5) is 3.75. The van der Waals surface area contributed by atoms with Gasteiger partial charge in [0.2, 0.25) is 0 Å². The van der Waals surface area contributed by atoms with Crippen LogP contribution < -0.4 is 19.3 Å². The first-order chi connectivity index (χ1) is 26.8. The van der Waals surface area contributed by atoms with Crippen molar-refractivity contribution in [3.05, 3.63) is 120 Å².